The fourth-order valence-corrected chi connectivity index (χ4v) is 3.51. The van der Waals surface area contributed by atoms with Crippen molar-refractivity contribution in [1.82, 2.24) is 10.2 Å². The normalized spacial score (nSPS) is 16.2. The summed E-state index contributed by atoms with van der Waals surface area (Å²) >= 11 is 3.21. The molecule has 0 aliphatic carbocycles. The molecule has 2 rings (SSSR count). The van der Waals surface area contributed by atoms with Crippen LogP contribution in [0.2, 0.25) is 0 Å². The number of piperidine rings is 1. The zero-order chi connectivity index (χ0) is 22.4. The second kappa shape index (κ2) is 10.6. The number of amides is 1. The molecule has 10 heteroatoms. The molecule has 0 aromatic heterocycles. The topological polar surface area (TPSA) is 60.0 Å². The summed E-state index contributed by atoms with van der Waals surface area (Å²) in [7, 11) is 0. The van der Waals surface area contributed by atoms with Crippen LogP contribution in [-0.2, 0) is 4.74 Å². The van der Waals surface area contributed by atoms with Crippen molar-refractivity contribution in [2.75, 3.05) is 32.8 Å². The van der Waals surface area contributed by atoms with Crippen molar-refractivity contribution >= 4 is 22.0 Å². The first-order valence-electron chi connectivity index (χ1n) is 9.78. The molecule has 0 spiro atoms. The van der Waals surface area contributed by atoms with E-state index in [1.807, 2.05) is 20.8 Å². The van der Waals surface area contributed by atoms with E-state index in [4.69, 9.17) is 9.47 Å². The highest BCUT2D eigenvalue weighted by molar-refractivity contribution is 9.10. The Hall–Kier alpha value is -1.68. The van der Waals surface area contributed by atoms with Gasteiger partial charge in [0.25, 0.3) is 0 Å². The molecule has 1 amide bonds. The van der Waals surface area contributed by atoms with Crippen molar-refractivity contribution in [1.29, 1.82) is 0 Å². The molecule has 1 heterocycles. The third-order valence-electron chi connectivity index (χ3n) is 4.44. The second-order valence-corrected chi connectivity index (χ2v) is 9.01. The van der Waals surface area contributed by atoms with E-state index in [0.29, 0.717) is 35.8 Å². The summed E-state index contributed by atoms with van der Waals surface area (Å²) in [6.45, 7) is 8.99. The number of benzene rings is 1. The number of hydrogen-bond donors (Lipinski definition) is 1. The zero-order valence-corrected chi connectivity index (χ0v) is 18.9. The number of alkyl halides is 3. The Morgan fingerprint density at radius 3 is 2.47 bits per heavy atom. The smallest absolute Gasteiger partial charge is 0.491 e. The molecule has 0 radical (unpaired) electrons. The third-order valence-corrected chi connectivity index (χ3v) is 5.06. The van der Waals surface area contributed by atoms with Gasteiger partial charge in [-0.15, -0.1) is 13.2 Å². The predicted octanol–water partition coefficient (Wildman–Crippen LogP) is 4.96. The van der Waals surface area contributed by atoms with Gasteiger partial charge in [-0.1, -0.05) is 0 Å². The van der Waals surface area contributed by atoms with Gasteiger partial charge in [-0.3, -0.25) is 4.90 Å². The highest BCUT2D eigenvalue weighted by atomic mass is 79.9. The number of rotatable bonds is 7. The van der Waals surface area contributed by atoms with E-state index in [0.717, 1.165) is 25.9 Å². The highest BCUT2D eigenvalue weighted by Gasteiger charge is 2.31. The first kappa shape index (κ1) is 24.6. The SMILES string of the molecule is CC(C)(C)OC(=O)NCC1CCN(CCOc2ccc(OC(F)(F)F)cc2Br)CC1. The van der Waals surface area contributed by atoms with E-state index in [1.165, 1.54) is 18.2 Å². The number of likely N-dealkylation sites (tertiary alicyclic amines) is 1. The van der Waals surface area contributed by atoms with Crippen molar-refractivity contribution in [3.63, 3.8) is 0 Å². The minimum Gasteiger partial charge on any atom is -0.491 e. The van der Waals surface area contributed by atoms with Gasteiger partial charge < -0.3 is 19.5 Å². The van der Waals surface area contributed by atoms with Gasteiger partial charge in [0.2, 0.25) is 0 Å². The van der Waals surface area contributed by atoms with Gasteiger partial charge in [0.15, 0.2) is 0 Å². The molecule has 1 aromatic rings. The van der Waals surface area contributed by atoms with Crippen molar-refractivity contribution < 1.29 is 32.2 Å². The Morgan fingerprint density at radius 2 is 1.90 bits per heavy atom. The van der Waals surface area contributed by atoms with E-state index in [1.54, 1.807) is 0 Å². The Balaban J connectivity index is 1.66. The fourth-order valence-electron chi connectivity index (χ4n) is 3.04. The molecule has 0 atom stereocenters. The van der Waals surface area contributed by atoms with Gasteiger partial charge in [-0.2, -0.15) is 0 Å². The monoisotopic (exact) mass is 496 g/mol. The van der Waals surface area contributed by atoms with E-state index in [9.17, 15) is 18.0 Å². The molecule has 170 valence electrons. The van der Waals surface area contributed by atoms with Crippen molar-refractivity contribution in [2.24, 2.45) is 5.92 Å². The van der Waals surface area contributed by atoms with Gasteiger partial charge >= 0.3 is 12.5 Å². The van der Waals surface area contributed by atoms with Crippen molar-refractivity contribution in [2.45, 2.75) is 45.6 Å². The number of halogens is 4. The van der Waals surface area contributed by atoms with E-state index >= 15 is 0 Å². The Morgan fingerprint density at radius 1 is 1.23 bits per heavy atom. The summed E-state index contributed by atoms with van der Waals surface area (Å²) in [6, 6.07) is 3.89. The predicted molar refractivity (Wildman–Crippen MR) is 110 cm³/mol. The van der Waals surface area contributed by atoms with Crippen LogP contribution in [0.4, 0.5) is 18.0 Å². The lowest BCUT2D eigenvalue weighted by Crippen LogP contribution is -2.41. The zero-order valence-electron chi connectivity index (χ0n) is 17.4. The lowest BCUT2D eigenvalue weighted by atomic mass is 9.97. The van der Waals surface area contributed by atoms with E-state index in [2.05, 4.69) is 30.9 Å². The summed E-state index contributed by atoms with van der Waals surface area (Å²) in [5.74, 6) is 0.565. The first-order valence-corrected chi connectivity index (χ1v) is 10.6. The minimum absolute atomic E-state index is 0.302. The highest BCUT2D eigenvalue weighted by Crippen LogP contribution is 2.32. The van der Waals surface area contributed by atoms with Crippen LogP contribution in [0.3, 0.4) is 0 Å². The maximum Gasteiger partial charge on any atom is 0.573 e. The summed E-state index contributed by atoms with van der Waals surface area (Å²) in [4.78, 5) is 14.0. The van der Waals surface area contributed by atoms with E-state index < -0.39 is 18.1 Å². The Kier molecular flexibility index (Phi) is 8.66. The maximum atomic E-state index is 12.3. The summed E-state index contributed by atoms with van der Waals surface area (Å²) < 4.78 is 52.0. The molecular formula is C20H28BrF3N2O4. The molecule has 30 heavy (non-hydrogen) atoms. The molecule has 0 saturated carbocycles. The molecule has 1 aliphatic heterocycles. The van der Waals surface area contributed by atoms with Crippen LogP contribution < -0.4 is 14.8 Å². The first-order chi connectivity index (χ1) is 13.9. The molecule has 1 aliphatic rings. The van der Waals surface area contributed by atoms with Crippen LogP contribution in [0.15, 0.2) is 22.7 Å². The number of ether oxygens (including phenoxy) is 3. The average molecular weight is 497 g/mol. The summed E-state index contributed by atoms with van der Waals surface area (Å²) in [5.41, 5.74) is -0.506. The van der Waals surface area contributed by atoms with Crippen LogP contribution in [0.1, 0.15) is 33.6 Å². The van der Waals surface area contributed by atoms with Crippen LogP contribution in [0.5, 0.6) is 11.5 Å². The van der Waals surface area contributed by atoms with Gasteiger partial charge in [0, 0.05) is 13.1 Å². The molecular weight excluding hydrogens is 469 g/mol. The minimum atomic E-state index is -4.73. The lowest BCUT2D eigenvalue weighted by Gasteiger charge is -2.32. The molecule has 0 unspecified atom stereocenters. The van der Waals surface area contributed by atoms with Crippen LogP contribution in [-0.4, -0.2) is 55.7 Å². The number of nitrogens with zero attached hydrogens (tertiary/aromatic N) is 1. The largest absolute Gasteiger partial charge is 0.573 e. The fraction of sp³-hybridized carbons (Fsp3) is 0.650. The van der Waals surface area contributed by atoms with Crippen LogP contribution in [0.25, 0.3) is 0 Å². The van der Waals surface area contributed by atoms with Gasteiger partial charge in [-0.05, 0) is 86.7 Å². The molecule has 6 nitrogen and oxygen atoms in total. The summed E-state index contributed by atoms with van der Waals surface area (Å²) in [6.07, 6.45) is -3.20. The molecule has 1 fully saturated rings. The van der Waals surface area contributed by atoms with Crippen molar-refractivity contribution in [3.05, 3.63) is 22.7 Å². The molecule has 1 N–H and O–H groups in total. The molecule has 1 aromatic carbocycles. The Labute approximate surface area is 183 Å². The number of alkyl carbamates (subject to hydrolysis) is 1. The number of hydrogen-bond acceptors (Lipinski definition) is 5. The lowest BCUT2D eigenvalue weighted by molar-refractivity contribution is -0.274. The van der Waals surface area contributed by atoms with E-state index in [-0.39, 0.29) is 5.75 Å². The van der Waals surface area contributed by atoms with Gasteiger partial charge in [-0.25, -0.2) is 4.79 Å². The number of carbonyl (C=O) groups is 1. The molecule has 1 saturated heterocycles. The van der Waals surface area contributed by atoms with Crippen LogP contribution >= 0.6 is 15.9 Å². The second-order valence-electron chi connectivity index (χ2n) is 8.16. The summed E-state index contributed by atoms with van der Waals surface area (Å²) in [5, 5.41) is 2.82. The van der Waals surface area contributed by atoms with Crippen molar-refractivity contribution in [3.8, 4) is 11.5 Å². The third kappa shape index (κ3) is 9.42. The standard InChI is InChI=1S/C20H28BrF3N2O4/c1-19(2,3)30-18(27)25-13-14-6-8-26(9-7-14)10-11-28-17-5-4-15(12-16(17)21)29-20(22,23)24/h4-5,12,14H,6-11,13H2,1-3H3,(H,25,27). The number of carbonyl (C=O) groups excluding carboxylic acids is 1. The Bertz CT molecular complexity index is 702. The quantitative estimate of drug-likeness (QED) is 0.577. The van der Waals surface area contributed by atoms with Crippen LogP contribution in [0, 0.1) is 5.92 Å². The number of nitrogens with one attached hydrogen (secondary N) is 1. The van der Waals surface area contributed by atoms with Gasteiger partial charge in [0.1, 0.15) is 23.7 Å². The maximum absolute atomic E-state index is 12.3. The van der Waals surface area contributed by atoms with Gasteiger partial charge in [0.05, 0.1) is 4.47 Å². The molecule has 0 bridgehead atoms. The average Bonchev–Trinajstić information content (AvgIpc) is 2.60.